The monoisotopic (exact) mass is 285 g/mol. The molecule has 0 fully saturated rings. The minimum Gasteiger partial charge on any atom is -0.328 e. The zero-order valence-corrected chi connectivity index (χ0v) is 11.1. The summed E-state index contributed by atoms with van der Waals surface area (Å²) in [5, 5.41) is 8.35. The van der Waals surface area contributed by atoms with E-state index in [2.05, 4.69) is 11.9 Å². The molecule has 0 saturated heterocycles. The molecule has 1 radical (unpaired) electrons. The van der Waals surface area contributed by atoms with Crippen LogP contribution in [0.5, 0.6) is 0 Å². The molecule has 0 unspecified atom stereocenters. The molecule has 0 N–H and O–H groups in total. The Morgan fingerprint density at radius 1 is 1.29 bits per heavy atom. The van der Waals surface area contributed by atoms with Crippen molar-refractivity contribution in [2.75, 3.05) is 5.75 Å². The number of nitrogens with zero attached hydrogens (tertiary/aromatic N) is 2. The van der Waals surface area contributed by atoms with Gasteiger partial charge in [0.15, 0.2) is 14.8 Å². The quantitative estimate of drug-likeness (QED) is 0.614. The minimum absolute atomic E-state index is 0. The molecule has 1 rings (SSSR count). The Morgan fingerprint density at radius 2 is 1.79 bits per heavy atom. The van der Waals surface area contributed by atoms with Gasteiger partial charge >= 0.3 is 5.69 Å². The van der Waals surface area contributed by atoms with E-state index in [-0.39, 0.29) is 43.4 Å². The normalized spacial score (nSPS) is 10.0. The molecule has 1 aromatic carbocycles. The van der Waals surface area contributed by atoms with Crippen LogP contribution in [0.1, 0.15) is 0 Å². The molecule has 6 heteroatoms. The molecule has 0 atom stereocenters. The Bertz CT molecular complexity index is 433. The van der Waals surface area contributed by atoms with E-state index in [1.807, 2.05) is 0 Å². The summed E-state index contributed by atoms with van der Waals surface area (Å²) in [7, 11) is -3.26. The molecule has 0 amide bonds. The Kier molecular flexibility index (Phi) is 5.42. The summed E-state index contributed by atoms with van der Waals surface area (Å²) in [5.74, 6) is -0.178. The van der Waals surface area contributed by atoms with Crippen LogP contribution in [0.2, 0.25) is 0 Å². The average Bonchev–Trinajstić information content (AvgIpc) is 2.18. The number of hydrogen-bond acceptors (Lipinski definition) is 3. The predicted octanol–water partition coefficient (Wildman–Crippen LogP) is 1.78. The van der Waals surface area contributed by atoms with Gasteiger partial charge in [-0.2, -0.15) is 0 Å². The fourth-order valence-electron chi connectivity index (χ4n) is 0.838. The second-order valence-electron chi connectivity index (χ2n) is 2.41. The van der Waals surface area contributed by atoms with Crippen LogP contribution >= 0.6 is 0 Å². The van der Waals surface area contributed by atoms with Crippen molar-refractivity contribution in [2.24, 2.45) is 0 Å². The molecule has 1 aromatic rings. The standard InChI is InChI=1S/C8H8N2O2S.Y/c1-2-13(11,12)8-5-3-7(10-9)4-6-8;/h3-6H,1-2H2;. The van der Waals surface area contributed by atoms with Gasteiger partial charge in [-0.15, -0.1) is 0 Å². The summed E-state index contributed by atoms with van der Waals surface area (Å²) in [6.07, 6.45) is 0. The summed E-state index contributed by atoms with van der Waals surface area (Å²) < 4.78 is 22.5. The Balaban J connectivity index is 0.00000169. The molecular weight excluding hydrogens is 277 g/mol. The third kappa shape index (κ3) is 3.12. The van der Waals surface area contributed by atoms with Crippen molar-refractivity contribution in [1.29, 1.82) is 5.39 Å². The van der Waals surface area contributed by atoms with E-state index in [0.717, 1.165) is 0 Å². The first-order valence-electron chi connectivity index (χ1n) is 3.57. The van der Waals surface area contributed by atoms with Crippen molar-refractivity contribution >= 4 is 15.5 Å². The molecule has 0 aliphatic rings. The SMILES string of the molecule is [CH2-]CS(=O)(=O)c1ccc([N+]#N)cc1.[Y]. The van der Waals surface area contributed by atoms with Gasteiger partial charge in [-0.05, 0) is 12.1 Å². The van der Waals surface area contributed by atoms with Crippen LogP contribution in [0.15, 0.2) is 29.2 Å². The molecule has 0 aliphatic heterocycles. The first-order valence-corrected chi connectivity index (χ1v) is 5.22. The second kappa shape index (κ2) is 5.54. The van der Waals surface area contributed by atoms with Gasteiger partial charge in [0.05, 0.1) is 4.90 Å². The number of benzene rings is 1. The zero-order chi connectivity index (χ0) is 9.90. The maximum absolute atomic E-state index is 11.2. The van der Waals surface area contributed by atoms with Gasteiger partial charge in [0.1, 0.15) is 0 Å². The van der Waals surface area contributed by atoms with Crippen molar-refractivity contribution in [3.63, 3.8) is 0 Å². The molecule has 14 heavy (non-hydrogen) atoms. The van der Waals surface area contributed by atoms with Crippen molar-refractivity contribution in [3.8, 4) is 0 Å². The number of hydrogen-bond donors (Lipinski definition) is 0. The smallest absolute Gasteiger partial charge is 0.328 e. The fourth-order valence-corrected chi connectivity index (χ4v) is 1.62. The Labute approximate surface area is 108 Å². The Hall–Kier alpha value is -0.306. The van der Waals surface area contributed by atoms with Crippen LogP contribution in [0.4, 0.5) is 5.69 Å². The summed E-state index contributed by atoms with van der Waals surface area (Å²) in [6, 6.07) is 5.61. The summed E-state index contributed by atoms with van der Waals surface area (Å²) in [4.78, 5) is 3.10. The van der Waals surface area contributed by atoms with Crippen molar-refractivity contribution in [2.45, 2.75) is 4.90 Å². The van der Waals surface area contributed by atoms with Crippen molar-refractivity contribution in [1.82, 2.24) is 0 Å². The van der Waals surface area contributed by atoms with E-state index in [0.29, 0.717) is 5.69 Å². The van der Waals surface area contributed by atoms with Gasteiger partial charge in [-0.3, -0.25) is 0 Å². The van der Waals surface area contributed by atoms with E-state index in [9.17, 15) is 8.42 Å². The van der Waals surface area contributed by atoms with E-state index < -0.39 is 9.84 Å². The summed E-state index contributed by atoms with van der Waals surface area (Å²) in [5.41, 5.74) is 0.322. The topological polar surface area (TPSA) is 62.3 Å². The summed E-state index contributed by atoms with van der Waals surface area (Å²) >= 11 is 0. The van der Waals surface area contributed by atoms with Gasteiger partial charge < -0.3 is 6.92 Å². The van der Waals surface area contributed by atoms with Crippen LogP contribution in [0.3, 0.4) is 0 Å². The van der Waals surface area contributed by atoms with E-state index >= 15 is 0 Å². The largest absolute Gasteiger partial charge is 0.385 e. The molecule has 71 valence electrons. The van der Waals surface area contributed by atoms with Gasteiger partial charge in [0, 0.05) is 44.8 Å². The number of rotatable bonds is 2. The number of sulfone groups is 1. The minimum atomic E-state index is -3.26. The molecule has 0 heterocycles. The van der Waals surface area contributed by atoms with Crippen LogP contribution in [-0.4, -0.2) is 14.2 Å². The van der Waals surface area contributed by atoms with Crippen molar-refractivity contribution in [3.05, 3.63) is 36.2 Å². The second-order valence-corrected chi connectivity index (χ2v) is 4.52. The third-order valence-electron chi connectivity index (χ3n) is 1.58. The molecule has 4 nitrogen and oxygen atoms in total. The van der Waals surface area contributed by atoms with Crippen molar-refractivity contribution < 1.29 is 41.1 Å². The van der Waals surface area contributed by atoms with Gasteiger partial charge in [0.2, 0.25) is 5.39 Å². The van der Waals surface area contributed by atoms with E-state index in [1.54, 1.807) is 0 Å². The molecular formula is C8H8N2O2SY. The average molecular weight is 285 g/mol. The van der Waals surface area contributed by atoms with Gasteiger partial charge in [-0.1, -0.05) is 5.75 Å². The zero-order valence-electron chi connectivity index (χ0n) is 7.42. The molecule has 0 spiro atoms. The van der Waals surface area contributed by atoms with Crippen LogP contribution < -0.4 is 0 Å². The first kappa shape index (κ1) is 13.7. The van der Waals surface area contributed by atoms with Crippen LogP contribution in [-0.2, 0) is 42.5 Å². The van der Waals surface area contributed by atoms with Crippen LogP contribution in [0.25, 0.3) is 4.98 Å². The summed E-state index contributed by atoms with van der Waals surface area (Å²) in [6.45, 7) is 3.32. The third-order valence-corrected chi connectivity index (χ3v) is 3.11. The van der Waals surface area contributed by atoms with E-state index in [1.165, 1.54) is 24.3 Å². The maximum atomic E-state index is 11.2. The fraction of sp³-hybridized carbons (Fsp3) is 0.125. The molecule has 0 aromatic heterocycles. The number of diazo groups is 1. The molecule has 0 bridgehead atoms. The molecule has 0 aliphatic carbocycles. The van der Waals surface area contributed by atoms with E-state index in [4.69, 9.17) is 5.39 Å². The van der Waals surface area contributed by atoms with Gasteiger partial charge in [0.25, 0.3) is 0 Å². The predicted molar refractivity (Wildman–Crippen MR) is 48.6 cm³/mol. The van der Waals surface area contributed by atoms with Gasteiger partial charge in [-0.25, -0.2) is 8.42 Å². The van der Waals surface area contributed by atoms with Crippen LogP contribution in [0, 0.1) is 12.3 Å². The Morgan fingerprint density at radius 3 is 2.14 bits per heavy atom. The maximum Gasteiger partial charge on any atom is 0.385 e. The molecule has 0 saturated carbocycles. The first-order chi connectivity index (χ1) is 6.10.